The third-order valence-corrected chi connectivity index (χ3v) is 6.85. The molecule has 1 unspecified atom stereocenters. The van der Waals surface area contributed by atoms with Gasteiger partial charge < -0.3 is 5.32 Å². The van der Waals surface area contributed by atoms with E-state index in [1.54, 1.807) is 20.2 Å². The minimum Gasteiger partial charge on any atom is -0.315 e. The van der Waals surface area contributed by atoms with E-state index in [0.717, 1.165) is 51.4 Å². The molecule has 1 aromatic rings. The molecule has 3 rings (SSSR count). The number of hydrogen-bond donors (Lipinski definition) is 1. The van der Waals surface area contributed by atoms with Crippen molar-refractivity contribution in [3.63, 3.8) is 0 Å². The molecule has 2 heterocycles. The molecule has 142 valence electrons. The maximum Gasteiger partial charge on any atom is 0.242 e. The number of benzene rings is 1. The minimum atomic E-state index is -3.36. The zero-order valence-corrected chi connectivity index (χ0v) is 16.7. The van der Waals surface area contributed by atoms with Gasteiger partial charge in [-0.3, -0.25) is 9.80 Å². The molecule has 0 amide bonds. The van der Waals surface area contributed by atoms with Crippen LogP contribution < -0.4 is 5.32 Å². The fourth-order valence-corrected chi connectivity index (χ4v) is 4.48. The predicted molar refractivity (Wildman–Crippen MR) is 103 cm³/mol. The van der Waals surface area contributed by atoms with Crippen molar-refractivity contribution in [3.8, 4) is 0 Å². The lowest BCUT2D eigenvalue weighted by molar-refractivity contribution is 0.0981. The summed E-state index contributed by atoms with van der Waals surface area (Å²) < 4.78 is 25.8. The highest BCUT2D eigenvalue weighted by Gasteiger charge is 2.26. The topological polar surface area (TPSA) is 55.9 Å². The van der Waals surface area contributed by atoms with Gasteiger partial charge >= 0.3 is 0 Å². The quantitative estimate of drug-likeness (QED) is 0.810. The highest BCUT2D eigenvalue weighted by molar-refractivity contribution is 7.89. The second kappa shape index (κ2) is 8.79. The van der Waals surface area contributed by atoms with Crippen molar-refractivity contribution in [2.24, 2.45) is 0 Å². The van der Waals surface area contributed by atoms with E-state index in [1.165, 1.54) is 10.7 Å². The molecular formula is C17H29ClN4O2S. The number of halogens is 1. The molecule has 0 bridgehead atoms. The number of nitrogens with zero attached hydrogens (tertiary/aromatic N) is 3. The highest BCUT2D eigenvalue weighted by Crippen LogP contribution is 2.18. The summed E-state index contributed by atoms with van der Waals surface area (Å²) in [6.07, 6.45) is 1.25. The lowest BCUT2D eigenvalue weighted by Crippen LogP contribution is -2.50. The van der Waals surface area contributed by atoms with Gasteiger partial charge in [-0.25, -0.2) is 12.7 Å². The first-order valence-electron chi connectivity index (χ1n) is 8.65. The molecule has 1 aromatic carbocycles. The lowest BCUT2D eigenvalue weighted by atomic mass is 10.1. The molecule has 2 fully saturated rings. The van der Waals surface area contributed by atoms with Crippen molar-refractivity contribution in [2.45, 2.75) is 23.9 Å². The molecule has 25 heavy (non-hydrogen) atoms. The summed E-state index contributed by atoms with van der Waals surface area (Å²) in [6, 6.07) is 8.03. The minimum absolute atomic E-state index is 0. The third-order valence-electron chi connectivity index (χ3n) is 5.04. The molecule has 1 N–H and O–H groups in total. The first kappa shape index (κ1) is 20.6. The van der Waals surface area contributed by atoms with E-state index in [-0.39, 0.29) is 12.4 Å². The predicted octanol–water partition coefficient (Wildman–Crippen LogP) is 0.838. The molecule has 8 heteroatoms. The normalized spacial score (nSPS) is 22.9. The van der Waals surface area contributed by atoms with Crippen LogP contribution in [0.25, 0.3) is 0 Å². The zero-order valence-electron chi connectivity index (χ0n) is 15.0. The summed E-state index contributed by atoms with van der Waals surface area (Å²) in [5.74, 6) is 0. The third kappa shape index (κ3) is 4.93. The maximum atomic E-state index is 12.3. The molecule has 1 atom stereocenters. The molecule has 6 nitrogen and oxygen atoms in total. The van der Waals surface area contributed by atoms with Crippen LogP contribution in [0.1, 0.15) is 12.0 Å². The van der Waals surface area contributed by atoms with Gasteiger partial charge in [-0.05, 0) is 30.7 Å². The summed E-state index contributed by atoms with van der Waals surface area (Å²) >= 11 is 0. The van der Waals surface area contributed by atoms with Gasteiger partial charge in [-0.1, -0.05) is 12.1 Å². The Hall–Kier alpha value is -0.700. The summed E-state index contributed by atoms with van der Waals surface area (Å²) in [7, 11) is -0.223. The number of piperazine rings is 1. The molecule has 0 radical (unpaired) electrons. The molecule has 0 spiro atoms. The summed E-state index contributed by atoms with van der Waals surface area (Å²) in [5.41, 5.74) is 1.06. The van der Waals surface area contributed by atoms with E-state index < -0.39 is 10.0 Å². The van der Waals surface area contributed by atoms with Crippen LogP contribution in [0.2, 0.25) is 0 Å². The van der Waals surface area contributed by atoms with Crippen LogP contribution in [0.3, 0.4) is 0 Å². The summed E-state index contributed by atoms with van der Waals surface area (Å²) in [4.78, 5) is 5.38. The maximum absolute atomic E-state index is 12.3. The van der Waals surface area contributed by atoms with Crippen molar-refractivity contribution < 1.29 is 8.42 Å². The van der Waals surface area contributed by atoms with Crippen molar-refractivity contribution in [3.05, 3.63) is 29.8 Å². The number of sulfonamides is 1. The molecule has 0 aliphatic carbocycles. The van der Waals surface area contributed by atoms with E-state index in [4.69, 9.17) is 0 Å². The van der Waals surface area contributed by atoms with Crippen LogP contribution in [-0.2, 0) is 16.6 Å². The Kier molecular flexibility index (Phi) is 7.25. The van der Waals surface area contributed by atoms with E-state index >= 15 is 0 Å². The Morgan fingerprint density at radius 3 is 2.52 bits per heavy atom. The van der Waals surface area contributed by atoms with Crippen LogP contribution in [0.4, 0.5) is 0 Å². The van der Waals surface area contributed by atoms with E-state index in [1.807, 2.05) is 18.2 Å². The Morgan fingerprint density at radius 1 is 1.20 bits per heavy atom. The van der Waals surface area contributed by atoms with Gasteiger partial charge in [0.05, 0.1) is 4.90 Å². The molecule has 2 aliphatic heterocycles. The van der Waals surface area contributed by atoms with E-state index in [0.29, 0.717) is 10.9 Å². The zero-order chi connectivity index (χ0) is 17.2. The molecule has 0 aromatic heterocycles. The highest BCUT2D eigenvalue weighted by atomic mass is 35.5. The Bertz CT molecular complexity index is 654. The second-order valence-electron chi connectivity index (χ2n) is 6.89. The van der Waals surface area contributed by atoms with Gasteiger partial charge in [0.1, 0.15) is 0 Å². The smallest absolute Gasteiger partial charge is 0.242 e. The van der Waals surface area contributed by atoms with Crippen LogP contribution in [0.5, 0.6) is 0 Å². The Morgan fingerprint density at radius 2 is 1.92 bits per heavy atom. The molecule has 2 saturated heterocycles. The van der Waals surface area contributed by atoms with E-state index in [9.17, 15) is 8.42 Å². The second-order valence-corrected chi connectivity index (χ2v) is 9.05. The number of nitrogens with one attached hydrogen (secondary N) is 1. The van der Waals surface area contributed by atoms with Gasteiger partial charge in [0.15, 0.2) is 0 Å². The fourth-order valence-electron chi connectivity index (χ4n) is 3.51. The van der Waals surface area contributed by atoms with Crippen molar-refractivity contribution in [2.75, 3.05) is 53.4 Å². The van der Waals surface area contributed by atoms with Crippen molar-refractivity contribution in [1.29, 1.82) is 0 Å². The summed E-state index contributed by atoms with van der Waals surface area (Å²) in [5, 5.41) is 3.43. The van der Waals surface area contributed by atoms with Gasteiger partial charge in [0.2, 0.25) is 10.0 Å². The molecular weight excluding hydrogens is 360 g/mol. The van der Waals surface area contributed by atoms with Gasteiger partial charge in [-0.15, -0.1) is 12.4 Å². The van der Waals surface area contributed by atoms with E-state index in [2.05, 4.69) is 15.1 Å². The molecule has 0 saturated carbocycles. The van der Waals surface area contributed by atoms with Crippen LogP contribution >= 0.6 is 12.4 Å². The van der Waals surface area contributed by atoms with Crippen LogP contribution in [0.15, 0.2) is 29.2 Å². The number of hydrogen-bond acceptors (Lipinski definition) is 5. The van der Waals surface area contributed by atoms with Crippen molar-refractivity contribution in [1.82, 2.24) is 19.4 Å². The average molecular weight is 389 g/mol. The van der Waals surface area contributed by atoms with Crippen LogP contribution in [0, 0.1) is 0 Å². The molecule has 2 aliphatic rings. The fraction of sp³-hybridized carbons (Fsp3) is 0.647. The Labute approximate surface area is 157 Å². The van der Waals surface area contributed by atoms with Gasteiger partial charge in [-0.2, -0.15) is 0 Å². The monoisotopic (exact) mass is 388 g/mol. The standard InChI is InChI=1S/C17H28N4O2S.ClH/c1-19(2)24(22,23)17-5-3-4-15(12-17)14-20-8-10-21(11-9-20)16-6-7-18-13-16;/h3-5,12,16,18H,6-11,13-14H2,1-2H3;1H. The Balaban J connectivity index is 0.00000225. The average Bonchev–Trinajstić information content (AvgIpc) is 3.10. The SMILES string of the molecule is CN(C)S(=O)(=O)c1cccc(CN2CCN(C3CCNC3)CC2)c1.Cl. The lowest BCUT2D eigenvalue weighted by Gasteiger charge is -2.37. The summed E-state index contributed by atoms with van der Waals surface area (Å²) in [6.45, 7) is 7.35. The van der Waals surface area contributed by atoms with Crippen molar-refractivity contribution >= 4 is 22.4 Å². The largest absolute Gasteiger partial charge is 0.315 e. The first-order valence-corrected chi connectivity index (χ1v) is 10.1. The van der Waals surface area contributed by atoms with Crippen LogP contribution in [-0.4, -0.2) is 81.9 Å². The van der Waals surface area contributed by atoms with Gasteiger partial charge in [0, 0.05) is 59.4 Å². The van der Waals surface area contributed by atoms with Gasteiger partial charge in [0.25, 0.3) is 0 Å². The number of rotatable bonds is 5. The first-order chi connectivity index (χ1) is 11.5.